The maximum Gasteiger partial charge on any atom is 0.416 e. The lowest BCUT2D eigenvalue weighted by Crippen LogP contribution is -2.08. The molecule has 0 fully saturated rings. The van der Waals surface area contributed by atoms with Gasteiger partial charge in [-0.05, 0) is 41.0 Å². The lowest BCUT2D eigenvalue weighted by molar-refractivity contribution is -0.137. The molecular formula is C14H12ClF4N. The molecule has 2 rings (SSSR count). The SMILES string of the molecule is Cl.NCc1cc(C(F)(F)F)ccc1-c1cccc(F)c1. The first kappa shape index (κ1) is 16.5. The average Bonchev–Trinajstić information content (AvgIpc) is 2.37. The summed E-state index contributed by atoms with van der Waals surface area (Å²) in [4.78, 5) is 0. The van der Waals surface area contributed by atoms with Gasteiger partial charge in [-0.1, -0.05) is 18.2 Å². The monoisotopic (exact) mass is 305 g/mol. The molecule has 0 heterocycles. The largest absolute Gasteiger partial charge is 0.416 e. The molecule has 0 bridgehead atoms. The van der Waals surface area contributed by atoms with Crippen molar-refractivity contribution in [3.63, 3.8) is 0 Å². The van der Waals surface area contributed by atoms with E-state index in [-0.39, 0.29) is 19.0 Å². The predicted octanol–water partition coefficient (Wildman–Crippen LogP) is 4.39. The van der Waals surface area contributed by atoms with Crippen LogP contribution in [-0.4, -0.2) is 0 Å². The fraction of sp³-hybridized carbons (Fsp3) is 0.143. The third-order valence-electron chi connectivity index (χ3n) is 2.79. The molecule has 1 nitrogen and oxygen atoms in total. The Morgan fingerprint density at radius 1 is 1.00 bits per heavy atom. The van der Waals surface area contributed by atoms with Crippen LogP contribution in [0.25, 0.3) is 11.1 Å². The van der Waals surface area contributed by atoms with Crippen LogP contribution in [0.1, 0.15) is 11.1 Å². The summed E-state index contributed by atoms with van der Waals surface area (Å²) in [5.41, 5.74) is 6.07. The van der Waals surface area contributed by atoms with Crippen molar-refractivity contribution in [1.82, 2.24) is 0 Å². The van der Waals surface area contributed by atoms with Crippen LogP contribution in [0, 0.1) is 5.82 Å². The number of alkyl halides is 3. The molecule has 0 aliphatic heterocycles. The molecule has 0 aliphatic rings. The van der Waals surface area contributed by atoms with Gasteiger partial charge in [0, 0.05) is 6.54 Å². The third-order valence-corrected chi connectivity index (χ3v) is 2.79. The third kappa shape index (κ3) is 3.49. The fourth-order valence-corrected chi connectivity index (χ4v) is 1.88. The van der Waals surface area contributed by atoms with Crippen LogP contribution in [0.4, 0.5) is 17.6 Å². The summed E-state index contributed by atoms with van der Waals surface area (Å²) in [6, 6.07) is 8.96. The highest BCUT2D eigenvalue weighted by atomic mass is 35.5. The van der Waals surface area contributed by atoms with Gasteiger partial charge in [-0.2, -0.15) is 13.2 Å². The molecular weight excluding hydrogens is 294 g/mol. The highest BCUT2D eigenvalue weighted by Crippen LogP contribution is 2.33. The molecule has 2 aromatic carbocycles. The van der Waals surface area contributed by atoms with Crippen molar-refractivity contribution in [3.05, 3.63) is 59.4 Å². The highest BCUT2D eigenvalue weighted by Gasteiger charge is 2.30. The van der Waals surface area contributed by atoms with Crippen molar-refractivity contribution in [3.8, 4) is 11.1 Å². The van der Waals surface area contributed by atoms with Gasteiger partial charge in [-0.15, -0.1) is 12.4 Å². The van der Waals surface area contributed by atoms with E-state index in [2.05, 4.69) is 0 Å². The van der Waals surface area contributed by atoms with Gasteiger partial charge in [0.05, 0.1) is 5.56 Å². The Morgan fingerprint density at radius 3 is 2.25 bits per heavy atom. The molecule has 2 aromatic rings. The van der Waals surface area contributed by atoms with Gasteiger partial charge >= 0.3 is 6.18 Å². The van der Waals surface area contributed by atoms with Crippen molar-refractivity contribution < 1.29 is 17.6 Å². The normalized spacial score (nSPS) is 11.1. The summed E-state index contributed by atoms with van der Waals surface area (Å²) in [5, 5.41) is 0. The molecule has 108 valence electrons. The molecule has 0 amide bonds. The van der Waals surface area contributed by atoms with Crippen molar-refractivity contribution in [2.75, 3.05) is 0 Å². The zero-order valence-corrected chi connectivity index (χ0v) is 11.1. The van der Waals surface area contributed by atoms with Gasteiger partial charge in [0.1, 0.15) is 5.82 Å². The Bertz CT molecular complexity index is 596. The number of rotatable bonds is 2. The van der Waals surface area contributed by atoms with E-state index < -0.39 is 17.6 Å². The maximum atomic E-state index is 13.1. The first-order chi connectivity index (χ1) is 8.91. The van der Waals surface area contributed by atoms with Gasteiger partial charge in [-0.3, -0.25) is 0 Å². The smallest absolute Gasteiger partial charge is 0.326 e. The summed E-state index contributed by atoms with van der Waals surface area (Å²) in [6.07, 6.45) is -4.41. The second-order valence-corrected chi connectivity index (χ2v) is 4.08. The lowest BCUT2D eigenvalue weighted by Gasteiger charge is -2.12. The molecule has 0 spiro atoms. The molecule has 0 saturated carbocycles. The molecule has 20 heavy (non-hydrogen) atoms. The molecule has 0 aromatic heterocycles. The Kier molecular flexibility index (Phi) is 5.14. The first-order valence-corrected chi connectivity index (χ1v) is 5.58. The van der Waals surface area contributed by atoms with Crippen LogP contribution in [0.5, 0.6) is 0 Å². The van der Waals surface area contributed by atoms with E-state index in [1.807, 2.05) is 0 Å². The predicted molar refractivity (Wildman–Crippen MR) is 72.0 cm³/mol. The molecule has 0 aliphatic carbocycles. The van der Waals surface area contributed by atoms with Crippen LogP contribution in [0.15, 0.2) is 42.5 Å². The van der Waals surface area contributed by atoms with Crippen LogP contribution in [0.2, 0.25) is 0 Å². The van der Waals surface area contributed by atoms with Crippen LogP contribution in [-0.2, 0) is 12.7 Å². The number of hydrogen-bond donors (Lipinski definition) is 1. The summed E-state index contributed by atoms with van der Waals surface area (Å²) < 4.78 is 51.0. The second-order valence-electron chi connectivity index (χ2n) is 4.08. The molecule has 0 saturated heterocycles. The van der Waals surface area contributed by atoms with Gasteiger partial charge in [0.25, 0.3) is 0 Å². The first-order valence-electron chi connectivity index (χ1n) is 5.58. The number of hydrogen-bond acceptors (Lipinski definition) is 1. The van der Waals surface area contributed by atoms with Crippen molar-refractivity contribution in [2.24, 2.45) is 5.73 Å². The molecule has 0 radical (unpaired) electrons. The van der Waals surface area contributed by atoms with Gasteiger partial charge in [0.15, 0.2) is 0 Å². The van der Waals surface area contributed by atoms with E-state index in [9.17, 15) is 17.6 Å². The van der Waals surface area contributed by atoms with Crippen LogP contribution in [0.3, 0.4) is 0 Å². The molecule has 0 atom stereocenters. The highest BCUT2D eigenvalue weighted by molar-refractivity contribution is 5.85. The zero-order chi connectivity index (χ0) is 14.0. The maximum absolute atomic E-state index is 13.1. The molecule has 2 N–H and O–H groups in total. The van der Waals surface area contributed by atoms with Gasteiger partial charge < -0.3 is 5.73 Å². The fourth-order valence-electron chi connectivity index (χ4n) is 1.88. The standard InChI is InChI=1S/C14H11F4N.ClH/c15-12-3-1-2-9(7-12)13-5-4-11(14(16,17)18)6-10(13)8-19;/h1-7H,8,19H2;1H. The minimum absolute atomic E-state index is 0. The zero-order valence-electron chi connectivity index (χ0n) is 10.2. The van der Waals surface area contributed by atoms with E-state index in [1.54, 1.807) is 6.07 Å². The Hall–Kier alpha value is -1.59. The van der Waals surface area contributed by atoms with E-state index in [1.165, 1.54) is 24.3 Å². The Balaban J connectivity index is 0.00000200. The quantitative estimate of drug-likeness (QED) is 0.818. The topological polar surface area (TPSA) is 26.0 Å². The van der Waals surface area contributed by atoms with Crippen molar-refractivity contribution in [1.29, 1.82) is 0 Å². The number of nitrogens with two attached hydrogens (primary N) is 1. The van der Waals surface area contributed by atoms with Gasteiger partial charge in [-0.25, -0.2) is 4.39 Å². The molecule has 0 unspecified atom stereocenters. The Labute approximate surface area is 119 Å². The molecule has 6 heteroatoms. The van der Waals surface area contributed by atoms with E-state index >= 15 is 0 Å². The number of benzene rings is 2. The Morgan fingerprint density at radius 2 is 1.70 bits per heavy atom. The van der Waals surface area contributed by atoms with Gasteiger partial charge in [0.2, 0.25) is 0 Å². The van der Waals surface area contributed by atoms with Crippen LogP contribution < -0.4 is 5.73 Å². The minimum atomic E-state index is -4.41. The summed E-state index contributed by atoms with van der Waals surface area (Å²) in [6.45, 7) is -0.0459. The minimum Gasteiger partial charge on any atom is -0.326 e. The van der Waals surface area contributed by atoms with E-state index in [0.29, 0.717) is 16.7 Å². The summed E-state index contributed by atoms with van der Waals surface area (Å²) in [7, 11) is 0. The summed E-state index contributed by atoms with van der Waals surface area (Å²) in [5.74, 6) is -0.444. The van der Waals surface area contributed by atoms with Crippen molar-refractivity contribution in [2.45, 2.75) is 12.7 Å². The average molecular weight is 306 g/mol. The van der Waals surface area contributed by atoms with E-state index in [0.717, 1.165) is 12.1 Å². The number of halogens is 5. The van der Waals surface area contributed by atoms with Crippen molar-refractivity contribution >= 4 is 12.4 Å². The van der Waals surface area contributed by atoms with E-state index in [4.69, 9.17) is 5.73 Å². The summed E-state index contributed by atoms with van der Waals surface area (Å²) >= 11 is 0. The second kappa shape index (κ2) is 6.24. The lowest BCUT2D eigenvalue weighted by atomic mass is 9.97. The van der Waals surface area contributed by atoms with Crippen LogP contribution >= 0.6 is 12.4 Å².